The molecule has 1 aromatic heterocycles. The third kappa shape index (κ3) is 1.98. The lowest BCUT2D eigenvalue weighted by atomic mass is 10.1. The topological polar surface area (TPSA) is 58.1 Å². The average Bonchev–Trinajstić information content (AvgIpc) is 2.52. The predicted molar refractivity (Wildman–Crippen MR) is 61.4 cm³/mol. The summed E-state index contributed by atoms with van der Waals surface area (Å²) in [5.41, 5.74) is 0.853. The molecule has 2 amide bonds. The molecule has 16 heavy (non-hydrogen) atoms. The number of hydrogen-bond donors (Lipinski definition) is 1. The highest BCUT2D eigenvalue weighted by molar-refractivity contribution is 5.93. The van der Waals surface area contributed by atoms with Crippen molar-refractivity contribution in [2.45, 2.75) is 32.7 Å². The third-order valence-electron chi connectivity index (χ3n) is 2.59. The van der Waals surface area contributed by atoms with Crippen LogP contribution in [-0.4, -0.2) is 28.1 Å². The van der Waals surface area contributed by atoms with Gasteiger partial charge in [0, 0.05) is 12.4 Å². The summed E-state index contributed by atoms with van der Waals surface area (Å²) < 4.78 is 0. The van der Waals surface area contributed by atoms with Crippen LogP contribution in [0.1, 0.15) is 26.3 Å². The number of carbonyl (C=O) groups is 1. The number of urea groups is 1. The van der Waals surface area contributed by atoms with E-state index in [2.05, 4.69) is 15.3 Å². The number of aromatic nitrogens is 2. The van der Waals surface area contributed by atoms with Gasteiger partial charge in [-0.3, -0.25) is 4.90 Å². The Morgan fingerprint density at radius 1 is 1.44 bits per heavy atom. The Bertz CT molecular complexity index is 399. The smallest absolute Gasteiger partial charge is 0.324 e. The van der Waals surface area contributed by atoms with Crippen molar-refractivity contribution >= 4 is 12.0 Å². The maximum atomic E-state index is 11.7. The molecule has 1 aromatic rings. The molecule has 5 heteroatoms. The number of nitrogens with one attached hydrogen (secondary N) is 1. The van der Waals surface area contributed by atoms with Crippen LogP contribution in [0.15, 0.2) is 12.4 Å². The molecular weight excluding hydrogens is 204 g/mol. The molecule has 0 aliphatic carbocycles. The number of rotatable bonds is 2. The summed E-state index contributed by atoms with van der Waals surface area (Å²) in [4.78, 5) is 21.7. The summed E-state index contributed by atoms with van der Waals surface area (Å²) in [7, 11) is 0. The van der Waals surface area contributed by atoms with Gasteiger partial charge in [0.2, 0.25) is 5.95 Å². The van der Waals surface area contributed by atoms with Gasteiger partial charge < -0.3 is 5.32 Å². The van der Waals surface area contributed by atoms with Gasteiger partial charge in [-0.15, -0.1) is 0 Å². The van der Waals surface area contributed by atoms with E-state index in [-0.39, 0.29) is 11.6 Å². The second-order valence-electron chi connectivity index (χ2n) is 4.65. The van der Waals surface area contributed by atoms with Gasteiger partial charge >= 0.3 is 6.03 Å². The number of nitrogens with zero attached hydrogens (tertiary/aromatic N) is 3. The fraction of sp³-hybridized carbons (Fsp3) is 0.545. The molecule has 1 aliphatic heterocycles. The van der Waals surface area contributed by atoms with Crippen LogP contribution in [0.4, 0.5) is 10.7 Å². The maximum absolute atomic E-state index is 11.7. The molecule has 1 fully saturated rings. The van der Waals surface area contributed by atoms with Crippen molar-refractivity contribution in [3.8, 4) is 0 Å². The molecule has 2 rings (SSSR count). The highest BCUT2D eigenvalue weighted by atomic mass is 16.2. The zero-order chi connectivity index (χ0) is 11.8. The first kappa shape index (κ1) is 10.9. The van der Waals surface area contributed by atoms with Crippen LogP contribution >= 0.6 is 0 Å². The molecule has 1 saturated heterocycles. The minimum Gasteiger partial charge on any atom is -0.331 e. The average molecular weight is 220 g/mol. The van der Waals surface area contributed by atoms with Gasteiger partial charge in [0.05, 0.1) is 12.1 Å². The molecule has 86 valence electrons. The van der Waals surface area contributed by atoms with E-state index in [9.17, 15) is 4.79 Å². The largest absolute Gasteiger partial charge is 0.331 e. The van der Waals surface area contributed by atoms with Gasteiger partial charge in [-0.25, -0.2) is 14.8 Å². The van der Waals surface area contributed by atoms with Crippen LogP contribution in [0.3, 0.4) is 0 Å². The SMILES string of the molecule is CCc1cnc(N2CC(C)(C)NC2=O)nc1. The van der Waals surface area contributed by atoms with Crippen LogP contribution in [0.25, 0.3) is 0 Å². The summed E-state index contributed by atoms with van der Waals surface area (Å²) in [5.74, 6) is 0.472. The summed E-state index contributed by atoms with van der Waals surface area (Å²) in [6, 6.07) is -0.130. The first-order valence-electron chi connectivity index (χ1n) is 5.42. The Balaban J connectivity index is 2.21. The van der Waals surface area contributed by atoms with Gasteiger partial charge in [-0.1, -0.05) is 6.92 Å². The summed E-state index contributed by atoms with van der Waals surface area (Å²) in [6.45, 7) is 6.60. The van der Waals surface area contributed by atoms with Gasteiger partial charge in [0.25, 0.3) is 0 Å². The molecule has 1 N–H and O–H groups in total. The lowest BCUT2D eigenvalue weighted by Crippen LogP contribution is -2.36. The first-order valence-corrected chi connectivity index (χ1v) is 5.42. The Morgan fingerprint density at radius 2 is 2.06 bits per heavy atom. The number of hydrogen-bond acceptors (Lipinski definition) is 3. The second kappa shape index (κ2) is 3.73. The summed E-state index contributed by atoms with van der Waals surface area (Å²) in [6.07, 6.45) is 4.43. The number of amides is 2. The Kier molecular flexibility index (Phi) is 2.53. The Morgan fingerprint density at radius 3 is 2.50 bits per heavy atom. The fourth-order valence-corrected chi connectivity index (χ4v) is 1.70. The van der Waals surface area contributed by atoms with Crippen LogP contribution in [-0.2, 0) is 6.42 Å². The van der Waals surface area contributed by atoms with E-state index in [0.717, 1.165) is 12.0 Å². The van der Waals surface area contributed by atoms with Crippen molar-refractivity contribution < 1.29 is 4.79 Å². The molecule has 0 aromatic carbocycles. The lowest BCUT2D eigenvalue weighted by molar-refractivity contribution is 0.248. The molecule has 0 saturated carbocycles. The lowest BCUT2D eigenvalue weighted by Gasteiger charge is -2.16. The predicted octanol–water partition coefficient (Wildman–Crippen LogP) is 1.35. The standard InChI is InChI=1S/C11H16N4O/c1-4-8-5-12-9(13-6-8)15-7-11(2,3)14-10(15)16/h5-6H,4,7H2,1-3H3,(H,14,16). The van der Waals surface area contributed by atoms with Gasteiger partial charge in [0.15, 0.2) is 0 Å². The zero-order valence-electron chi connectivity index (χ0n) is 9.82. The molecule has 1 aliphatic rings. The molecule has 2 heterocycles. The van der Waals surface area contributed by atoms with E-state index in [1.54, 1.807) is 17.3 Å². The Hall–Kier alpha value is -1.65. The van der Waals surface area contributed by atoms with Crippen molar-refractivity contribution in [3.05, 3.63) is 18.0 Å². The molecule has 0 unspecified atom stereocenters. The normalized spacial score (nSPS) is 18.7. The van der Waals surface area contributed by atoms with Gasteiger partial charge in [-0.2, -0.15) is 0 Å². The molecule has 0 spiro atoms. The van der Waals surface area contributed by atoms with Crippen LogP contribution in [0.5, 0.6) is 0 Å². The summed E-state index contributed by atoms with van der Waals surface area (Å²) in [5, 5.41) is 2.88. The minimum absolute atomic E-state index is 0.130. The van der Waals surface area contributed by atoms with E-state index in [1.165, 1.54) is 0 Å². The molecule has 0 radical (unpaired) electrons. The highest BCUT2D eigenvalue weighted by Gasteiger charge is 2.36. The zero-order valence-corrected chi connectivity index (χ0v) is 9.82. The number of aryl methyl sites for hydroxylation is 1. The first-order chi connectivity index (χ1) is 7.52. The maximum Gasteiger partial charge on any atom is 0.324 e. The number of anilines is 1. The molecule has 0 atom stereocenters. The molecule has 0 bridgehead atoms. The van der Waals surface area contributed by atoms with Gasteiger partial charge in [0.1, 0.15) is 0 Å². The van der Waals surface area contributed by atoms with E-state index < -0.39 is 0 Å². The van der Waals surface area contributed by atoms with E-state index in [4.69, 9.17) is 0 Å². The van der Waals surface area contributed by atoms with E-state index in [1.807, 2.05) is 20.8 Å². The van der Waals surface area contributed by atoms with Crippen LogP contribution < -0.4 is 10.2 Å². The van der Waals surface area contributed by atoms with Crippen molar-refractivity contribution in [2.75, 3.05) is 11.4 Å². The van der Waals surface area contributed by atoms with E-state index in [0.29, 0.717) is 12.5 Å². The van der Waals surface area contributed by atoms with Crippen molar-refractivity contribution in [1.82, 2.24) is 15.3 Å². The molecule has 5 nitrogen and oxygen atoms in total. The second-order valence-corrected chi connectivity index (χ2v) is 4.65. The number of carbonyl (C=O) groups excluding carboxylic acids is 1. The molecular formula is C11H16N4O. The van der Waals surface area contributed by atoms with E-state index >= 15 is 0 Å². The van der Waals surface area contributed by atoms with Crippen molar-refractivity contribution in [1.29, 1.82) is 0 Å². The highest BCUT2D eigenvalue weighted by Crippen LogP contribution is 2.19. The Labute approximate surface area is 94.9 Å². The van der Waals surface area contributed by atoms with Crippen LogP contribution in [0, 0.1) is 0 Å². The fourth-order valence-electron chi connectivity index (χ4n) is 1.70. The minimum atomic E-state index is -0.218. The van der Waals surface area contributed by atoms with Gasteiger partial charge in [-0.05, 0) is 25.8 Å². The monoisotopic (exact) mass is 220 g/mol. The quantitative estimate of drug-likeness (QED) is 0.818. The summed E-state index contributed by atoms with van der Waals surface area (Å²) >= 11 is 0. The van der Waals surface area contributed by atoms with Crippen LogP contribution in [0.2, 0.25) is 0 Å². The van der Waals surface area contributed by atoms with Crippen molar-refractivity contribution in [3.63, 3.8) is 0 Å². The third-order valence-corrected chi connectivity index (χ3v) is 2.59. The van der Waals surface area contributed by atoms with Crippen molar-refractivity contribution in [2.24, 2.45) is 0 Å².